The first-order valence-electron chi connectivity index (χ1n) is 16.9. The Labute approximate surface area is 367 Å². The van der Waals surface area contributed by atoms with Crippen molar-refractivity contribution in [3.05, 3.63) is 204 Å². The summed E-state index contributed by atoms with van der Waals surface area (Å²) in [4.78, 5) is 4.93. The van der Waals surface area contributed by atoms with E-state index in [1.165, 1.54) is 22.3 Å². The van der Waals surface area contributed by atoms with Gasteiger partial charge in [0.05, 0.1) is 11.4 Å². The summed E-state index contributed by atoms with van der Waals surface area (Å²) in [5.41, 5.74) is 13.0. The van der Waals surface area contributed by atoms with Gasteiger partial charge in [0.2, 0.25) is 0 Å². The lowest BCUT2D eigenvalue weighted by molar-refractivity contribution is 1.32. The summed E-state index contributed by atoms with van der Waals surface area (Å²) in [6, 6.07) is 59.9. The Hall–Kier alpha value is -3.81. The van der Waals surface area contributed by atoms with Crippen molar-refractivity contribution in [1.82, 2.24) is 4.98 Å². The summed E-state index contributed by atoms with van der Waals surface area (Å²) in [6.07, 6.45) is 0. The van der Waals surface area contributed by atoms with Crippen LogP contribution in [0.15, 0.2) is 194 Å². The monoisotopic (exact) mass is 1010 g/mol. The summed E-state index contributed by atoms with van der Waals surface area (Å²) in [7, 11) is 0. The number of benzene rings is 7. The van der Waals surface area contributed by atoms with Crippen molar-refractivity contribution in [2.24, 2.45) is 0 Å². The van der Waals surface area contributed by atoms with E-state index in [-0.39, 0.29) is 7.43 Å². The van der Waals surface area contributed by atoms with Gasteiger partial charge >= 0.3 is 0 Å². The minimum Gasteiger partial charge on any atom is -0.248 e. The van der Waals surface area contributed by atoms with Crippen LogP contribution in [0.3, 0.4) is 0 Å². The number of aromatic nitrogens is 1. The van der Waals surface area contributed by atoms with E-state index in [4.69, 9.17) is 28.2 Å². The van der Waals surface area contributed by atoms with Gasteiger partial charge in [0.25, 0.3) is 0 Å². The molecule has 0 N–H and O–H groups in total. The molecule has 1 nitrogen and oxygen atoms in total. The molecule has 55 heavy (non-hydrogen) atoms. The molecule has 0 saturated carbocycles. The van der Waals surface area contributed by atoms with Crippen molar-refractivity contribution in [2.45, 2.75) is 7.43 Å². The summed E-state index contributed by atoms with van der Waals surface area (Å²) in [5, 5.41) is 1.46. The first-order chi connectivity index (χ1) is 26.2. The van der Waals surface area contributed by atoms with Crippen LogP contribution < -0.4 is 0 Å². The number of nitrogens with zero attached hydrogens (tertiary/aromatic N) is 1. The summed E-state index contributed by atoms with van der Waals surface area (Å²) >= 11 is 26.7. The van der Waals surface area contributed by atoms with Crippen LogP contribution in [-0.4, -0.2) is 4.98 Å². The van der Waals surface area contributed by atoms with Crippen LogP contribution in [0.2, 0.25) is 10.0 Å². The highest BCUT2D eigenvalue weighted by Crippen LogP contribution is 2.36. The van der Waals surface area contributed by atoms with Crippen LogP contribution in [0.1, 0.15) is 7.43 Å². The molecule has 0 fully saturated rings. The fourth-order valence-electron chi connectivity index (χ4n) is 6.09. The zero-order valence-electron chi connectivity index (χ0n) is 28.5. The quantitative estimate of drug-likeness (QED) is 0.162. The largest absolute Gasteiger partial charge is 0.248 e. The fraction of sp³-hybridized carbons (Fsp3) is 0.0208. The highest BCUT2D eigenvalue weighted by Gasteiger charge is 2.11. The van der Waals surface area contributed by atoms with E-state index in [9.17, 15) is 0 Å². The Balaban J connectivity index is 0.000000184. The molecule has 0 aliphatic carbocycles. The van der Waals surface area contributed by atoms with E-state index in [0.717, 1.165) is 72.7 Å². The molecular weight excluding hydrogens is 981 g/mol. The molecule has 0 aliphatic rings. The van der Waals surface area contributed by atoms with Crippen molar-refractivity contribution in [3.8, 4) is 67.0 Å². The minimum atomic E-state index is 0. The topological polar surface area (TPSA) is 12.9 Å². The molecule has 0 bridgehead atoms. The molecule has 0 atom stereocenters. The predicted octanol–water partition coefficient (Wildman–Crippen LogP) is 17.8. The summed E-state index contributed by atoms with van der Waals surface area (Å²) < 4.78 is 4.19. The lowest BCUT2D eigenvalue weighted by Crippen LogP contribution is -1.91. The van der Waals surface area contributed by atoms with Crippen LogP contribution in [0, 0.1) is 0 Å². The lowest BCUT2D eigenvalue weighted by atomic mass is 9.93. The Bertz CT molecular complexity index is 2120. The van der Waals surface area contributed by atoms with Gasteiger partial charge in [-0.1, -0.05) is 167 Å². The molecule has 272 valence electrons. The molecule has 1 aromatic heterocycles. The van der Waals surface area contributed by atoms with Crippen LogP contribution in [0.5, 0.6) is 0 Å². The molecule has 8 aromatic rings. The van der Waals surface area contributed by atoms with E-state index in [0.29, 0.717) is 0 Å². The van der Waals surface area contributed by atoms with Crippen molar-refractivity contribution < 1.29 is 0 Å². The zero-order chi connectivity index (χ0) is 37.6. The third-order valence-electron chi connectivity index (χ3n) is 8.63. The van der Waals surface area contributed by atoms with Crippen molar-refractivity contribution in [1.29, 1.82) is 0 Å². The van der Waals surface area contributed by atoms with Crippen molar-refractivity contribution >= 4 is 86.9 Å². The van der Waals surface area contributed by atoms with Crippen molar-refractivity contribution in [3.63, 3.8) is 0 Å². The van der Waals surface area contributed by atoms with Crippen LogP contribution in [0.25, 0.3) is 67.0 Å². The SMILES string of the molecule is C.Clc1cccc(-c2cc(-c3cccc(Br)c3)cc(-c3cccc(Br)c3)c2)c1.Clc1cccc(-c2cc(-c3cccc(Br)c3)nc(-c3cccc(Br)c3)c2)c1. The molecule has 1 heterocycles. The normalized spacial score (nSPS) is 10.6. The van der Waals surface area contributed by atoms with Gasteiger partial charge in [-0.3, -0.25) is 0 Å². The Morgan fingerprint density at radius 2 is 0.564 bits per heavy atom. The molecule has 0 spiro atoms. The number of rotatable bonds is 6. The number of pyridine rings is 1. The number of halogens is 6. The number of hydrogen-bond acceptors (Lipinski definition) is 1. The van der Waals surface area contributed by atoms with Gasteiger partial charge in [-0.05, 0) is 148 Å². The van der Waals surface area contributed by atoms with Crippen molar-refractivity contribution in [2.75, 3.05) is 0 Å². The minimum absolute atomic E-state index is 0. The summed E-state index contributed by atoms with van der Waals surface area (Å²) in [5.74, 6) is 0. The third kappa shape index (κ3) is 10.7. The summed E-state index contributed by atoms with van der Waals surface area (Å²) in [6.45, 7) is 0. The Kier molecular flexibility index (Phi) is 14.0. The predicted molar refractivity (Wildman–Crippen MR) is 251 cm³/mol. The standard InChI is InChI=1S/C24H15Br2Cl.C23H14Br2ClN.CH4/c25-22-7-1-4-16(13-22)19-10-20(17-5-2-8-23(26)14-17)12-21(11-19)18-6-3-9-24(27)15-18;24-19-7-1-5-16(10-19)22-13-18(15-4-3-9-21(26)12-15)14-23(27-22)17-6-2-8-20(25)11-17;/h1-15H;1-14H;1H4. The maximum absolute atomic E-state index is 6.24. The highest BCUT2D eigenvalue weighted by atomic mass is 79.9. The molecule has 7 heteroatoms. The van der Waals surface area contributed by atoms with Crippen LogP contribution >= 0.6 is 86.9 Å². The molecular formula is C48H33Br4Cl2N. The first kappa shape index (κ1) is 40.8. The van der Waals surface area contributed by atoms with E-state index in [1.807, 2.05) is 72.8 Å². The third-order valence-corrected chi connectivity index (χ3v) is 11.1. The van der Waals surface area contributed by atoms with Gasteiger partial charge in [-0.2, -0.15) is 0 Å². The van der Waals surface area contributed by atoms with E-state index in [2.05, 4.69) is 167 Å². The van der Waals surface area contributed by atoms with Gasteiger partial charge in [0.1, 0.15) is 0 Å². The smallest absolute Gasteiger partial charge is 0.0716 e. The fourth-order valence-corrected chi connectivity index (χ4v) is 8.07. The molecule has 0 unspecified atom stereocenters. The zero-order valence-corrected chi connectivity index (χ0v) is 36.3. The van der Waals surface area contributed by atoms with E-state index < -0.39 is 0 Å². The first-order valence-corrected chi connectivity index (χ1v) is 20.8. The van der Waals surface area contributed by atoms with E-state index >= 15 is 0 Å². The Morgan fingerprint density at radius 1 is 0.291 bits per heavy atom. The molecule has 0 saturated heterocycles. The molecule has 0 aliphatic heterocycles. The average molecular weight is 1010 g/mol. The van der Waals surface area contributed by atoms with Gasteiger partial charge < -0.3 is 0 Å². The molecule has 0 amide bonds. The second-order valence-electron chi connectivity index (χ2n) is 12.5. The maximum atomic E-state index is 6.24. The van der Waals surface area contributed by atoms with Crippen LogP contribution in [-0.2, 0) is 0 Å². The van der Waals surface area contributed by atoms with E-state index in [1.54, 1.807) is 0 Å². The molecule has 8 rings (SSSR count). The van der Waals surface area contributed by atoms with Gasteiger partial charge in [0.15, 0.2) is 0 Å². The highest BCUT2D eigenvalue weighted by molar-refractivity contribution is 9.11. The number of hydrogen-bond donors (Lipinski definition) is 0. The van der Waals surface area contributed by atoms with Gasteiger partial charge in [-0.25, -0.2) is 4.98 Å². The maximum Gasteiger partial charge on any atom is 0.0716 e. The second kappa shape index (κ2) is 18.9. The van der Waals surface area contributed by atoms with Crippen LogP contribution in [0.4, 0.5) is 0 Å². The lowest BCUT2D eigenvalue weighted by Gasteiger charge is -2.12. The molecule has 7 aromatic carbocycles. The average Bonchev–Trinajstić information content (AvgIpc) is 3.18. The van der Waals surface area contributed by atoms with Gasteiger partial charge in [0, 0.05) is 39.1 Å². The second-order valence-corrected chi connectivity index (χ2v) is 17.0. The Morgan fingerprint density at radius 3 is 0.891 bits per heavy atom. The molecule has 0 radical (unpaired) electrons. The van der Waals surface area contributed by atoms with Gasteiger partial charge in [-0.15, -0.1) is 0 Å².